The molecule has 5 nitrogen and oxygen atoms in total. The van der Waals surface area contributed by atoms with Crippen molar-refractivity contribution < 1.29 is 23.5 Å². The third-order valence-corrected chi connectivity index (χ3v) is 3.16. The molecule has 0 saturated carbocycles. The van der Waals surface area contributed by atoms with E-state index in [0.29, 0.717) is 11.4 Å². The molecule has 0 aromatic heterocycles. The van der Waals surface area contributed by atoms with Crippen LogP contribution >= 0.6 is 0 Å². The second kappa shape index (κ2) is 8.10. The van der Waals surface area contributed by atoms with Crippen LogP contribution in [0.1, 0.15) is 13.8 Å². The molecule has 0 aliphatic rings. The minimum atomic E-state index is -1.01. The summed E-state index contributed by atoms with van der Waals surface area (Å²) in [5.74, 6) is -1.03. The zero-order valence-corrected chi connectivity index (χ0v) is 13.4. The second-order valence-corrected chi connectivity index (χ2v) is 5.15. The van der Waals surface area contributed by atoms with Gasteiger partial charge in [-0.05, 0) is 50.2 Å². The lowest BCUT2D eigenvalue weighted by Crippen LogP contribution is -2.35. The number of carbonyl (C=O) groups is 2. The molecule has 126 valence electrons. The molecular weight excluding hydrogens is 313 g/mol. The van der Waals surface area contributed by atoms with E-state index in [2.05, 4.69) is 5.32 Å². The Labute approximate surface area is 139 Å². The summed E-state index contributed by atoms with van der Waals surface area (Å²) in [4.78, 5) is 24.0. The molecule has 1 amide bonds. The van der Waals surface area contributed by atoms with Gasteiger partial charge >= 0.3 is 5.97 Å². The SMILES string of the molecule is C[C@H](OC(=O)[C@H](C)Oc1ccccc1)C(=O)Nc1ccc(F)cc1. The minimum absolute atomic E-state index is 0.403. The Morgan fingerprint density at radius 3 is 2.21 bits per heavy atom. The molecule has 0 fully saturated rings. The first-order valence-corrected chi connectivity index (χ1v) is 7.44. The van der Waals surface area contributed by atoms with Crippen molar-refractivity contribution in [1.29, 1.82) is 0 Å². The number of ether oxygens (including phenoxy) is 2. The van der Waals surface area contributed by atoms with Gasteiger partial charge in [-0.2, -0.15) is 0 Å². The number of benzene rings is 2. The van der Waals surface area contributed by atoms with Crippen LogP contribution in [0.5, 0.6) is 5.75 Å². The number of hydrogen-bond donors (Lipinski definition) is 1. The molecule has 2 atom stereocenters. The highest BCUT2D eigenvalue weighted by Crippen LogP contribution is 2.13. The van der Waals surface area contributed by atoms with Crippen LogP contribution in [0.25, 0.3) is 0 Å². The van der Waals surface area contributed by atoms with E-state index in [1.165, 1.54) is 31.2 Å². The van der Waals surface area contributed by atoms with Gasteiger partial charge in [-0.1, -0.05) is 18.2 Å². The van der Waals surface area contributed by atoms with Crippen LogP contribution in [0.3, 0.4) is 0 Å². The first kappa shape index (κ1) is 17.5. The number of nitrogens with one attached hydrogen (secondary N) is 1. The smallest absolute Gasteiger partial charge is 0.347 e. The maximum absolute atomic E-state index is 12.8. The van der Waals surface area contributed by atoms with Crippen LogP contribution in [0, 0.1) is 5.82 Å². The van der Waals surface area contributed by atoms with E-state index in [0.717, 1.165) is 0 Å². The highest BCUT2D eigenvalue weighted by Gasteiger charge is 2.23. The van der Waals surface area contributed by atoms with Gasteiger partial charge in [-0.25, -0.2) is 9.18 Å². The zero-order chi connectivity index (χ0) is 17.5. The molecule has 0 radical (unpaired) electrons. The van der Waals surface area contributed by atoms with Gasteiger partial charge in [0.1, 0.15) is 11.6 Å². The van der Waals surface area contributed by atoms with E-state index < -0.39 is 29.9 Å². The van der Waals surface area contributed by atoms with E-state index in [9.17, 15) is 14.0 Å². The number of esters is 1. The molecule has 24 heavy (non-hydrogen) atoms. The summed E-state index contributed by atoms with van der Waals surface area (Å²) >= 11 is 0. The highest BCUT2D eigenvalue weighted by atomic mass is 19.1. The lowest BCUT2D eigenvalue weighted by molar-refractivity contribution is -0.159. The molecule has 0 aliphatic carbocycles. The van der Waals surface area contributed by atoms with Crippen molar-refractivity contribution in [3.05, 3.63) is 60.4 Å². The van der Waals surface area contributed by atoms with Crippen molar-refractivity contribution in [2.45, 2.75) is 26.1 Å². The fourth-order valence-electron chi connectivity index (χ4n) is 1.85. The molecule has 0 aliphatic heterocycles. The Bertz CT molecular complexity index is 688. The van der Waals surface area contributed by atoms with E-state index in [4.69, 9.17) is 9.47 Å². The van der Waals surface area contributed by atoms with E-state index in [-0.39, 0.29) is 0 Å². The third-order valence-electron chi connectivity index (χ3n) is 3.16. The summed E-state index contributed by atoms with van der Waals surface area (Å²) in [5, 5.41) is 2.54. The van der Waals surface area contributed by atoms with Crippen molar-refractivity contribution in [3.8, 4) is 5.75 Å². The number of anilines is 1. The zero-order valence-electron chi connectivity index (χ0n) is 13.4. The van der Waals surface area contributed by atoms with Crippen molar-refractivity contribution in [1.82, 2.24) is 0 Å². The third kappa shape index (κ3) is 5.08. The van der Waals surface area contributed by atoms with Crippen molar-refractivity contribution >= 4 is 17.6 Å². The van der Waals surface area contributed by atoms with E-state index >= 15 is 0 Å². The maximum atomic E-state index is 12.8. The Morgan fingerprint density at radius 1 is 0.958 bits per heavy atom. The van der Waals surface area contributed by atoms with Crippen LogP contribution in [-0.4, -0.2) is 24.1 Å². The molecule has 0 saturated heterocycles. The van der Waals surface area contributed by atoms with Gasteiger partial charge in [0.15, 0.2) is 12.2 Å². The van der Waals surface area contributed by atoms with Gasteiger partial charge in [0.05, 0.1) is 0 Å². The Hall–Kier alpha value is -2.89. The van der Waals surface area contributed by atoms with Crippen LogP contribution in [0.4, 0.5) is 10.1 Å². The normalized spacial score (nSPS) is 12.8. The molecule has 0 spiro atoms. The number of rotatable bonds is 6. The quantitative estimate of drug-likeness (QED) is 0.826. The molecule has 2 aromatic carbocycles. The topological polar surface area (TPSA) is 64.6 Å². The monoisotopic (exact) mass is 331 g/mol. The second-order valence-electron chi connectivity index (χ2n) is 5.15. The van der Waals surface area contributed by atoms with Crippen molar-refractivity contribution in [2.24, 2.45) is 0 Å². The van der Waals surface area contributed by atoms with Gasteiger partial charge in [-0.3, -0.25) is 4.79 Å². The van der Waals surface area contributed by atoms with Crippen LogP contribution < -0.4 is 10.1 Å². The predicted molar refractivity (Wildman–Crippen MR) is 87.1 cm³/mol. The molecule has 1 N–H and O–H groups in total. The molecule has 0 unspecified atom stereocenters. The Kier molecular flexibility index (Phi) is 5.89. The lowest BCUT2D eigenvalue weighted by Gasteiger charge is -2.17. The number of carbonyl (C=O) groups excluding carboxylic acids is 2. The fraction of sp³-hybridized carbons (Fsp3) is 0.222. The number of hydrogen-bond acceptors (Lipinski definition) is 4. The molecule has 0 bridgehead atoms. The average molecular weight is 331 g/mol. The molecule has 6 heteroatoms. The fourth-order valence-corrected chi connectivity index (χ4v) is 1.85. The van der Waals surface area contributed by atoms with Crippen LogP contribution in [0.15, 0.2) is 54.6 Å². The Morgan fingerprint density at radius 2 is 1.58 bits per heavy atom. The predicted octanol–water partition coefficient (Wildman–Crippen LogP) is 3.16. The van der Waals surface area contributed by atoms with Gasteiger partial charge in [0, 0.05) is 5.69 Å². The Balaban J connectivity index is 1.85. The number of para-hydroxylation sites is 1. The van der Waals surface area contributed by atoms with Crippen molar-refractivity contribution in [3.63, 3.8) is 0 Å². The van der Waals surface area contributed by atoms with Crippen LogP contribution in [0.2, 0.25) is 0 Å². The number of halogens is 1. The molecule has 2 rings (SSSR count). The first-order valence-electron chi connectivity index (χ1n) is 7.44. The standard InChI is InChI=1S/C18H18FNO4/c1-12(17(21)20-15-10-8-14(19)9-11-15)24-18(22)13(2)23-16-6-4-3-5-7-16/h3-13H,1-2H3,(H,20,21)/t12-,13-/m0/s1. The summed E-state index contributed by atoms with van der Waals surface area (Å²) in [6.45, 7) is 2.99. The number of amides is 1. The van der Waals surface area contributed by atoms with Gasteiger partial charge < -0.3 is 14.8 Å². The molecule has 0 heterocycles. The van der Waals surface area contributed by atoms with E-state index in [1.807, 2.05) is 6.07 Å². The van der Waals surface area contributed by atoms with Crippen LogP contribution in [-0.2, 0) is 14.3 Å². The largest absolute Gasteiger partial charge is 0.479 e. The molecule has 2 aromatic rings. The van der Waals surface area contributed by atoms with E-state index in [1.54, 1.807) is 31.2 Å². The van der Waals surface area contributed by atoms with Gasteiger partial charge in [0.2, 0.25) is 0 Å². The summed E-state index contributed by atoms with van der Waals surface area (Å²) in [7, 11) is 0. The highest BCUT2D eigenvalue weighted by molar-refractivity contribution is 5.95. The maximum Gasteiger partial charge on any atom is 0.347 e. The van der Waals surface area contributed by atoms with Crippen molar-refractivity contribution in [2.75, 3.05) is 5.32 Å². The summed E-state index contributed by atoms with van der Waals surface area (Å²) in [5.41, 5.74) is 0.415. The first-order chi connectivity index (χ1) is 11.5. The summed E-state index contributed by atoms with van der Waals surface area (Å²) < 4.78 is 23.4. The van der Waals surface area contributed by atoms with Gasteiger partial charge in [-0.15, -0.1) is 0 Å². The van der Waals surface area contributed by atoms with Gasteiger partial charge in [0.25, 0.3) is 5.91 Å². The minimum Gasteiger partial charge on any atom is -0.479 e. The average Bonchev–Trinajstić information content (AvgIpc) is 2.57. The molecular formula is C18H18FNO4. The summed E-state index contributed by atoms with van der Waals surface area (Å²) in [6.07, 6.45) is -1.86. The summed E-state index contributed by atoms with van der Waals surface area (Å²) in [6, 6.07) is 14.1. The lowest BCUT2D eigenvalue weighted by atomic mass is 10.3.